The second kappa shape index (κ2) is 6.71. The second-order valence-corrected chi connectivity index (χ2v) is 6.18. The molecule has 0 aliphatic heterocycles. The van der Waals surface area contributed by atoms with Crippen LogP contribution in [0.5, 0.6) is 0 Å². The molecule has 0 aromatic carbocycles. The molecule has 0 N–H and O–H groups in total. The number of carbonyl (C=O) groups is 1. The summed E-state index contributed by atoms with van der Waals surface area (Å²) in [7, 11) is 0. The summed E-state index contributed by atoms with van der Waals surface area (Å²) in [6, 6.07) is 1.29. The van der Waals surface area contributed by atoms with Gasteiger partial charge in [-0.3, -0.25) is 9.88 Å². The van der Waals surface area contributed by atoms with Gasteiger partial charge in [0.1, 0.15) is 11.4 Å². The molecule has 0 radical (unpaired) electrons. The largest absolute Gasteiger partial charge is 0.443 e. The number of ether oxygens (including phenoxy) is 1. The molecule has 0 aliphatic carbocycles. The summed E-state index contributed by atoms with van der Waals surface area (Å²) < 4.78 is 20.2. The topological polar surface area (TPSA) is 60.2 Å². The maximum absolute atomic E-state index is 13.3. The molecule has 1 amide bonds. The Morgan fingerprint density at radius 3 is 2.75 bits per heavy atom. The summed E-state index contributed by atoms with van der Waals surface area (Å²) in [5, 5.41) is 4.30. The van der Waals surface area contributed by atoms with Gasteiger partial charge in [-0.1, -0.05) is 5.92 Å². The van der Waals surface area contributed by atoms with Crippen LogP contribution in [0.1, 0.15) is 26.5 Å². The van der Waals surface area contributed by atoms with Crippen molar-refractivity contribution in [2.24, 2.45) is 0 Å². The highest BCUT2D eigenvalue weighted by Crippen LogP contribution is 2.23. The third-order valence-corrected chi connectivity index (χ3v) is 2.98. The van der Waals surface area contributed by atoms with Crippen LogP contribution < -0.4 is 4.90 Å². The lowest BCUT2D eigenvalue weighted by Crippen LogP contribution is -2.37. The lowest BCUT2D eigenvalue weighted by Gasteiger charge is -2.25. The number of pyridine rings is 1. The van der Waals surface area contributed by atoms with Crippen LogP contribution in [0.3, 0.4) is 0 Å². The van der Waals surface area contributed by atoms with E-state index >= 15 is 0 Å². The maximum Gasteiger partial charge on any atom is 0.415 e. The van der Waals surface area contributed by atoms with Gasteiger partial charge in [-0.05, 0) is 27.7 Å². The van der Waals surface area contributed by atoms with Gasteiger partial charge in [0.05, 0.1) is 42.2 Å². The van der Waals surface area contributed by atoms with Crippen LogP contribution in [0.4, 0.5) is 14.9 Å². The molecule has 0 saturated heterocycles. The molecule has 126 valence electrons. The number of rotatable bonds is 3. The molecule has 7 heteroatoms. The van der Waals surface area contributed by atoms with Crippen molar-refractivity contribution in [3.63, 3.8) is 0 Å². The number of amides is 1. The van der Waals surface area contributed by atoms with Crippen LogP contribution >= 0.6 is 0 Å². The molecule has 24 heavy (non-hydrogen) atoms. The lowest BCUT2D eigenvalue weighted by atomic mass is 10.2. The molecule has 2 rings (SSSR count). The van der Waals surface area contributed by atoms with E-state index in [1.54, 1.807) is 33.9 Å². The smallest absolute Gasteiger partial charge is 0.415 e. The molecule has 0 unspecified atom stereocenters. The van der Waals surface area contributed by atoms with Gasteiger partial charge in [0.25, 0.3) is 0 Å². The standard InChI is InChI=1S/C17H19FN4O2/c1-6-7-21(16(23)24-17(3,4)5)15-11-22(20-12(15)2)14-8-13(18)9-19-10-14/h1,8-11H,7H2,2-5H3. The number of halogens is 1. The zero-order chi connectivity index (χ0) is 17.9. The molecule has 2 heterocycles. The van der Waals surface area contributed by atoms with E-state index < -0.39 is 17.5 Å². The Kier molecular flexibility index (Phi) is 4.88. The van der Waals surface area contributed by atoms with Gasteiger partial charge in [0.15, 0.2) is 0 Å². The number of nitrogens with zero attached hydrogens (tertiary/aromatic N) is 4. The highest BCUT2D eigenvalue weighted by Gasteiger charge is 2.25. The van der Waals surface area contributed by atoms with Gasteiger partial charge >= 0.3 is 6.09 Å². The van der Waals surface area contributed by atoms with Crippen LogP contribution in [0.15, 0.2) is 24.7 Å². The zero-order valence-corrected chi connectivity index (χ0v) is 14.1. The van der Waals surface area contributed by atoms with Gasteiger partial charge in [-0.15, -0.1) is 6.42 Å². The number of anilines is 1. The molecule has 2 aromatic rings. The number of carbonyl (C=O) groups excluding carboxylic acids is 1. The molecule has 6 nitrogen and oxygen atoms in total. The summed E-state index contributed by atoms with van der Waals surface area (Å²) in [4.78, 5) is 17.5. The minimum Gasteiger partial charge on any atom is -0.443 e. The Morgan fingerprint density at radius 2 is 2.17 bits per heavy atom. The Bertz CT molecular complexity index is 787. The third kappa shape index (κ3) is 4.10. The van der Waals surface area contributed by atoms with Gasteiger partial charge < -0.3 is 4.74 Å². The van der Waals surface area contributed by atoms with E-state index in [1.165, 1.54) is 21.8 Å². The summed E-state index contributed by atoms with van der Waals surface area (Å²) in [6.45, 7) is 7.07. The molecule has 0 aliphatic rings. The first-order valence-electron chi connectivity index (χ1n) is 7.32. The molecule has 0 spiro atoms. The van der Waals surface area contributed by atoms with Crippen molar-refractivity contribution >= 4 is 11.8 Å². The minimum absolute atomic E-state index is 0.0306. The average Bonchev–Trinajstić information content (AvgIpc) is 2.84. The Balaban J connectivity index is 2.38. The number of hydrogen-bond donors (Lipinski definition) is 0. The fourth-order valence-electron chi connectivity index (χ4n) is 2.03. The predicted molar refractivity (Wildman–Crippen MR) is 88.5 cm³/mol. The van der Waals surface area contributed by atoms with E-state index in [0.29, 0.717) is 17.1 Å². The lowest BCUT2D eigenvalue weighted by molar-refractivity contribution is 0.0585. The summed E-state index contributed by atoms with van der Waals surface area (Å²) in [5.74, 6) is 1.96. The van der Waals surface area contributed by atoms with E-state index in [-0.39, 0.29) is 6.54 Å². The van der Waals surface area contributed by atoms with Crippen molar-refractivity contribution in [2.75, 3.05) is 11.4 Å². The monoisotopic (exact) mass is 330 g/mol. The first kappa shape index (κ1) is 17.5. The molecule has 2 aromatic heterocycles. The Hall–Kier alpha value is -2.88. The number of aryl methyl sites for hydroxylation is 1. The predicted octanol–water partition coefficient (Wildman–Crippen LogP) is 3.09. The molecule has 0 atom stereocenters. The van der Waals surface area contributed by atoms with Crippen molar-refractivity contribution < 1.29 is 13.9 Å². The van der Waals surface area contributed by atoms with Gasteiger partial charge in [-0.2, -0.15) is 5.10 Å². The van der Waals surface area contributed by atoms with Crippen LogP contribution in [0, 0.1) is 25.1 Å². The first-order valence-corrected chi connectivity index (χ1v) is 7.32. The molecular weight excluding hydrogens is 311 g/mol. The quantitative estimate of drug-likeness (QED) is 0.812. The first-order chi connectivity index (χ1) is 11.2. The van der Waals surface area contributed by atoms with E-state index in [2.05, 4.69) is 16.0 Å². The zero-order valence-electron chi connectivity index (χ0n) is 14.1. The molecule has 0 fully saturated rings. The summed E-state index contributed by atoms with van der Waals surface area (Å²) in [6.07, 6.45) is 8.97. The molecule has 0 bridgehead atoms. The van der Waals surface area contributed by atoms with Crippen LogP contribution in [0.25, 0.3) is 5.69 Å². The van der Waals surface area contributed by atoms with E-state index in [0.717, 1.165) is 6.20 Å². The van der Waals surface area contributed by atoms with E-state index in [1.807, 2.05) is 0 Å². The number of aromatic nitrogens is 3. The van der Waals surface area contributed by atoms with E-state index in [4.69, 9.17) is 11.2 Å². The molecule has 0 saturated carbocycles. The van der Waals surface area contributed by atoms with Crippen molar-refractivity contribution in [3.8, 4) is 18.0 Å². The van der Waals surface area contributed by atoms with Crippen LogP contribution in [0.2, 0.25) is 0 Å². The highest BCUT2D eigenvalue weighted by atomic mass is 19.1. The van der Waals surface area contributed by atoms with Crippen molar-refractivity contribution in [2.45, 2.75) is 33.3 Å². The normalized spacial score (nSPS) is 11.0. The second-order valence-electron chi connectivity index (χ2n) is 6.18. The Morgan fingerprint density at radius 1 is 1.46 bits per heavy atom. The van der Waals surface area contributed by atoms with E-state index in [9.17, 15) is 9.18 Å². The van der Waals surface area contributed by atoms with Gasteiger partial charge in [0, 0.05) is 6.07 Å². The number of terminal acetylenes is 1. The molecular formula is C17H19FN4O2. The van der Waals surface area contributed by atoms with Crippen LogP contribution in [-0.2, 0) is 4.74 Å². The maximum atomic E-state index is 13.3. The number of hydrogen-bond acceptors (Lipinski definition) is 4. The highest BCUT2D eigenvalue weighted by molar-refractivity contribution is 5.89. The summed E-state index contributed by atoms with van der Waals surface area (Å²) in [5.41, 5.74) is 0.835. The fraction of sp³-hybridized carbons (Fsp3) is 0.353. The van der Waals surface area contributed by atoms with Crippen molar-refractivity contribution in [3.05, 3.63) is 36.2 Å². The van der Waals surface area contributed by atoms with Gasteiger partial charge in [-0.25, -0.2) is 13.9 Å². The van der Waals surface area contributed by atoms with Crippen molar-refractivity contribution in [1.82, 2.24) is 14.8 Å². The third-order valence-electron chi connectivity index (χ3n) is 2.98. The van der Waals surface area contributed by atoms with Crippen LogP contribution in [-0.4, -0.2) is 33.0 Å². The van der Waals surface area contributed by atoms with Crippen molar-refractivity contribution in [1.29, 1.82) is 0 Å². The average molecular weight is 330 g/mol. The minimum atomic E-state index is -0.652. The summed E-state index contributed by atoms with van der Waals surface area (Å²) >= 11 is 0. The van der Waals surface area contributed by atoms with Gasteiger partial charge in [0.2, 0.25) is 0 Å². The Labute approximate surface area is 140 Å². The SMILES string of the molecule is C#CCN(C(=O)OC(C)(C)C)c1cn(-c2cncc(F)c2)nc1C. The fourth-order valence-corrected chi connectivity index (χ4v) is 2.03.